The van der Waals surface area contributed by atoms with E-state index in [9.17, 15) is 9.59 Å². The van der Waals surface area contributed by atoms with Crippen molar-refractivity contribution in [3.8, 4) is 5.69 Å². The van der Waals surface area contributed by atoms with Crippen molar-refractivity contribution in [3.63, 3.8) is 0 Å². The van der Waals surface area contributed by atoms with Crippen molar-refractivity contribution >= 4 is 22.4 Å². The van der Waals surface area contributed by atoms with Crippen molar-refractivity contribution in [2.24, 2.45) is 7.05 Å². The Labute approximate surface area is 155 Å². The number of anilines is 1. The zero-order chi connectivity index (χ0) is 19.0. The van der Waals surface area contributed by atoms with Crippen LogP contribution in [0.4, 0.5) is 5.69 Å². The van der Waals surface area contributed by atoms with Crippen molar-refractivity contribution in [2.45, 2.75) is 6.92 Å². The fourth-order valence-electron chi connectivity index (χ4n) is 3.15. The molecule has 2 heterocycles. The maximum atomic E-state index is 12.8. The van der Waals surface area contributed by atoms with Crippen LogP contribution in [0.25, 0.3) is 16.7 Å². The summed E-state index contributed by atoms with van der Waals surface area (Å²) in [5, 5.41) is 3.87. The molecule has 0 bridgehead atoms. The van der Waals surface area contributed by atoms with Crippen LogP contribution in [0.1, 0.15) is 16.2 Å². The van der Waals surface area contributed by atoms with Gasteiger partial charge in [0.15, 0.2) is 5.76 Å². The topological polar surface area (TPSA) is 69.2 Å². The van der Waals surface area contributed by atoms with E-state index in [1.807, 2.05) is 68.6 Å². The number of para-hydroxylation sites is 2. The van der Waals surface area contributed by atoms with Crippen LogP contribution in [0.15, 0.2) is 69.9 Å². The van der Waals surface area contributed by atoms with Gasteiger partial charge in [0.1, 0.15) is 11.3 Å². The molecule has 4 aromatic rings. The van der Waals surface area contributed by atoms with Crippen molar-refractivity contribution in [1.82, 2.24) is 9.36 Å². The summed E-state index contributed by atoms with van der Waals surface area (Å²) in [6, 6.07) is 18.6. The molecule has 0 fully saturated rings. The Bertz CT molecular complexity index is 1150. The van der Waals surface area contributed by atoms with Crippen LogP contribution in [0.5, 0.6) is 0 Å². The van der Waals surface area contributed by atoms with Crippen LogP contribution in [0, 0.1) is 6.92 Å². The quantitative estimate of drug-likeness (QED) is 0.552. The molecule has 0 saturated heterocycles. The minimum absolute atomic E-state index is 0.0191. The molecule has 1 N–H and O–H groups in total. The Morgan fingerprint density at radius 1 is 1.07 bits per heavy atom. The molecule has 27 heavy (non-hydrogen) atoms. The average molecular weight is 361 g/mol. The van der Waals surface area contributed by atoms with Crippen molar-refractivity contribution in [1.29, 1.82) is 0 Å². The predicted molar refractivity (Wildman–Crippen MR) is 105 cm³/mol. The van der Waals surface area contributed by atoms with E-state index in [1.54, 1.807) is 15.4 Å². The molecular formula is C21H19N3O3. The Morgan fingerprint density at radius 3 is 2.52 bits per heavy atom. The van der Waals surface area contributed by atoms with Gasteiger partial charge >= 0.3 is 0 Å². The number of carbonyl (C=O) groups excluding carboxylic acids is 1. The van der Waals surface area contributed by atoms with Gasteiger partial charge in [-0.1, -0.05) is 36.4 Å². The van der Waals surface area contributed by atoms with Gasteiger partial charge in [-0.3, -0.25) is 14.3 Å². The van der Waals surface area contributed by atoms with Crippen LogP contribution < -0.4 is 10.9 Å². The van der Waals surface area contributed by atoms with Crippen LogP contribution in [-0.4, -0.2) is 21.7 Å². The second-order valence-electron chi connectivity index (χ2n) is 6.36. The van der Waals surface area contributed by atoms with Gasteiger partial charge in [-0.15, -0.1) is 0 Å². The maximum absolute atomic E-state index is 12.8. The van der Waals surface area contributed by atoms with Crippen molar-refractivity contribution in [2.75, 3.05) is 11.9 Å². The molecule has 0 spiro atoms. The molecule has 0 unspecified atom stereocenters. The van der Waals surface area contributed by atoms with Gasteiger partial charge in [0.25, 0.3) is 5.56 Å². The Kier molecular flexibility index (Phi) is 4.16. The van der Waals surface area contributed by atoms with Gasteiger partial charge in [-0.05, 0) is 31.2 Å². The highest BCUT2D eigenvalue weighted by Gasteiger charge is 2.18. The summed E-state index contributed by atoms with van der Waals surface area (Å²) < 4.78 is 8.94. The average Bonchev–Trinajstić information content (AvgIpc) is 3.21. The summed E-state index contributed by atoms with van der Waals surface area (Å²) in [6.45, 7) is 1.82. The number of benzene rings is 2. The molecule has 0 amide bonds. The third-order valence-electron chi connectivity index (χ3n) is 4.68. The number of nitrogens with one attached hydrogen (secondary N) is 1. The second-order valence-corrected chi connectivity index (χ2v) is 6.36. The first kappa shape index (κ1) is 16.9. The number of fused-ring (bicyclic) bond motifs is 1. The lowest BCUT2D eigenvalue weighted by Gasteiger charge is -2.07. The number of ketones is 1. The first-order valence-corrected chi connectivity index (χ1v) is 8.66. The third-order valence-corrected chi connectivity index (χ3v) is 4.68. The first-order chi connectivity index (χ1) is 13.1. The largest absolute Gasteiger partial charge is 0.453 e. The molecule has 136 valence electrons. The molecule has 2 aromatic heterocycles. The molecule has 0 aliphatic heterocycles. The van der Waals surface area contributed by atoms with Crippen molar-refractivity contribution < 1.29 is 9.21 Å². The van der Waals surface area contributed by atoms with E-state index in [-0.39, 0.29) is 23.6 Å². The van der Waals surface area contributed by atoms with E-state index >= 15 is 0 Å². The minimum atomic E-state index is -0.208. The highest BCUT2D eigenvalue weighted by Crippen LogP contribution is 2.19. The summed E-state index contributed by atoms with van der Waals surface area (Å²) in [5.74, 6) is 0.0702. The second kappa shape index (κ2) is 6.64. The molecule has 4 rings (SSSR count). The fraction of sp³-hybridized carbons (Fsp3) is 0.143. The highest BCUT2D eigenvalue weighted by molar-refractivity contribution is 6.00. The highest BCUT2D eigenvalue weighted by atomic mass is 16.3. The van der Waals surface area contributed by atoms with Gasteiger partial charge in [-0.2, -0.15) is 0 Å². The van der Waals surface area contributed by atoms with Crippen LogP contribution >= 0.6 is 0 Å². The summed E-state index contributed by atoms with van der Waals surface area (Å²) in [6.07, 6.45) is 0. The number of hydrogen-bond acceptors (Lipinski definition) is 4. The normalized spacial score (nSPS) is 11.0. The summed E-state index contributed by atoms with van der Waals surface area (Å²) in [7, 11) is 1.82. The molecule has 0 radical (unpaired) electrons. The summed E-state index contributed by atoms with van der Waals surface area (Å²) >= 11 is 0. The van der Waals surface area contributed by atoms with Gasteiger partial charge in [0.05, 0.1) is 17.9 Å². The molecule has 6 nitrogen and oxygen atoms in total. The number of rotatable bonds is 5. The number of Topliss-reactive ketones (excluding diaryl/α,β-unsaturated/α-hetero) is 1. The Hall–Kier alpha value is -3.54. The molecule has 0 saturated carbocycles. The lowest BCUT2D eigenvalue weighted by atomic mass is 10.2. The number of aromatic nitrogens is 2. The van der Waals surface area contributed by atoms with E-state index < -0.39 is 0 Å². The first-order valence-electron chi connectivity index (χ1n) is 8.66. The molecular weight excluding hydrogens is 342 g/mol. The zero-order valence-electron chi connectivity index (χ0n) is 15.1. The van der Waals surface area contributed by atoms with Crippen LogP contribution in [0.3, 0.4) is 0 Å². The SMILES string of the molecule is Cc1c(NCC(=O)c2cc3ccccc3o2)c(=O)n(-c2ccccc2)n1C. The molecule has 0 atom stereocenters. The maximum Gasteiger partial charge on any atom is 0.295 e. The smallest absolute Gasteiger partial charge is 0.295 e. The predicted octanol–water partition coefficient (Wildman–Crippen LogP) is 3.53. The molecule has 0 aliphatic carbocycles. The Balaban J connectivity index is 1.60. The van der Waals surface area contributed by atoms with E-state index in [4.69, 9.17) is 4.42 Å². The fourth-order valence-corrected chi connectivity index (χ4v) is 3.15. The van der Waals surface area contributed by atoms with Gasteiger partial charge in [0, 0.05) is 12.4 Å². The lowest BCUT2D eigenvalue weighted by Crippen LogP contribution is -2.22. The molecule has 2 aromatic carbocycles. The van der Waals surface area contributed by atoms with E-state index in [0.717, 1.165) is 16.8 Å². The Morgan fingerprint density at radius 2 is 1.78 bits per heavy atom. The third kappa shape index (κ3) is 2.95. The monoisotopic (exact) mass is 361 g/mol. The standard InChI is InChI=1S/C21H19N3O3/c1-14-20(21(26)24(23(14)2)16-9-4-3-5-10-16)22-13-17(25)19-12-15-8-6-7-11-18(15)27-19/h3-12,22H,13H2,1-2H3. The van der Waals surface area contributed by atoms with E-state index in [1.165, 1.54) is 0 Å². The van der Waals surface area contributed by atoms with E-state index in [0.29, 0.717) is 11.3 Å². The number of hydrogen-bond donors (Lipinski definition) is 1. The lowest BCUT2D eigenvalue weighted by molar-refractivity contribution is 0.0982. The zero-order valence-corrected chi connectivity index (χ0v) is 15.1. The molecule has 0 aliphatic rings. The van der Waals surface area contributed by atoms with Crippen LogP contribution in [0.2, 0.25) is 0 Å². The van der Waals surface area contributed by atoms with Crippen LogP contribution in [-0.2, 0) is 7.05 Å². The summed E-state index contributed by atoms with van der Waals surface area (Å²) in [5.41, 5.74) is 2.40. The number of furan rings is 1. The van der Waals surface area contributed by atoms with Gasteiger partial charge < -0.3 is 9.73 Å². The van der Waals surface area contributed by atoms with Crippen molar-refractivity contribution in [3.05, 3.63) is 82.5 Å². The van der Waals surface area contributed by atoms with Gasteiger partial charge in [0.2, 0.25) is 5.78 Å². The van der Waals surface area contributed by atoms with Gasteiger partial charge in [-0.25, -0.2) is 4.68 Å². The van der Waals surface area contributed by atoms with E-state index in [2.05, 4.69) is 5.32 Å². The molecule has 6 heteroatoms. The number of nitrogens with zero attached hydrogens (tertiary/aromatic N) is 2. The number of carbonyl (C=O) groups is 1. The summed E-state index contributed by atoms with van der Waals surface area (Å²) in [4.78, 5) is 25.3. The minimum Gasteiger partial charge on any atom is -0.453 e.